The van der Waals surface area contributed by atoms with Crippen LogP contribution in [0.25, 0.3) is 0 Å². The van der Waals surface area contributed by atoms with Crippen molar-refractivity contribution in [1.82, 2.24) is 9.71 Å². The van der Waals surface area contributed by atoms with Gasteiger partial charge >= 0.3 is 10.3 Å². The lowest BCUT2D eigenvalue weighted by Gasteiger charge is -2.16. The van der Waals surface area contributed by atoms with Crippen LogP contribution in [0.2, 0.25) is 4.47 Å². The van der Waals surface area contributed by atoms with Crippen LogP contribution in [0.15, 0.2) is 6.20 Å². The minimum Gasteiger partial charge on any atom is -0.337 e. The standard InChI is InChI=1S/C9H13ClN2O5S2/c1-9(2)16-6(5-4-11-8(10)18-5)7(17-9)12-19(13,14)15-3/h4,6-7,12H,1-3H3/t6-,7-/m1/s1. The molecule has 0 aliphatic carbocycles. The van der Waals surface area contributed by atoms with Crippen molar-refractivity contribution in [2.24, 2.45) is 0 Å². The maximum Gasteiger partial charge on any atom is 0.337 e. The van der Waals surface area contributed by atoms with Gasteiger partial charge in [0, 0.05) is 6.20 Å². The van der Waals surface area contributed by atoms with E-state index in [9.17, 15) is 8.42 Å². The van der Waals surface area contributed by atoms with E-state index in [0.29, 0.717) is 9.34 Å². The summed E-state index contributed by atoms with van der Waals surface area (Å²) in [7, 11) is -2.83. The number of halogens is 1. The number of rotatable bonds is 4. The lowest BCUT2D eigenvalue weighted by molar-refractivity contribution is -0.147. The Morgan fingerprint density at radius 2 is 2.21 bits per heavy atom. The Hall–Kier alpha value is -0.290. The van der Waals surface area contributed by atoms with E-state index in [0.717, 1.165) is 7.11 Å². The summed E-state index contributed by atoms with van der Waals surface area (Å²) in [6.07, 6.45) is -0.0160. The molecule has 2 rings (SSSR count). The zero-order valence-corrected chi connectivity index (χ0v) is 12.8. The van der Waals surface area contributed by atoms with Crippen molar-refractivity contribution < 1.29 is 22.1 Å². The van der Waals surface area contributed by atoms with Crippen molar-refractivity contribution in [2.45, 2.75) is 32.0 Å². The summed E-state index contributed by atoms with van der Waals surface area (Å²) in [5, 5.41) is 0. The van der Waals surface area contributed by atoms with Crippen molar-refractivity contribution in [3.63, 3.8) is 0 Å². The van der Waals surface area contributed by atoms with E-state index in [1.807, 2.05) is 0 Å². The molecule has 1 N–H and O–H groups in total. The molecule has 1 aliphatic heterocycles. The first-order valence-electron chi connectivity index (χ1n) is 5.27. The molecule has 19 heavy (non-hydrogen) atoms. The Morgan fingerprint density at radius 3 is 2.74 bits per heavy atom. The van der Waals surface area contributed by atoms with Crippen LogP contribution in [-0.4, -0.2) is 32.5 Å². The summed E-state index contributed by atoms with van der Waals surface area (Å²) in [6, 6.07) is 0. The average molecular weight is 329 g/mol. The molecule has 1 saturated heterocycles. The second-order valence-corrected chi connectivity index (χ2v) is 7.35. The predicted octanol–water partition coefficient (Wildman–Crippen LogP) is 1.43. The Morgan fingerprint density at radius 1 is 1.53 bits per heavy atom. The van der Waals surface area contributed by atoms with E-state index >= 15 is 0 Å². The van der Waals surface area contributed by atoms with Crippen molar-refractivity contribution >= 4 is 33.2 Å². The lowest BCUT2D eigenvalue weighted by atomic mass is 10.3. The Kier molecular flexibility index (Phi) is 4.17. The van der Waals surface area contributed by atoms with E-state index in [1.165, 1.54) is 17.5 Å². The van der Waals surface area contributed by atoms with Gasteiger partial charge in [0.1, 0.15) is 6.10 Å². The van der Waals surface area contributed by atoms with Gasteiger partial charge in [-0.1, -0.05) is 11.6 Å². The van der Waals surface area contributed by atoms with Crippen molar-refractivity contribution in [2.75, 3.05) is 7.11 Å². The van der Waals surface area contributed by atoms with Gasteiger partial charge in [-0.05, 0) is 13.8 Å². The van der Waals surface area contributed by atoms with Gasteiger partial charge in [0.05, 0.1) is 12.0 Å². The van der Waals surface area contributed by atoms with Gasteiger partial charge in [0.25, 0.3) is 0 Å². The molecule has 0 spiro atoms. The topological polar surface area (TPSA) is 86.8 Å². The third kappa shape index (κ3) is 3.63. The van der Waals surface area contributed by atoms with Crippen LogP contribution in [-0.2, 0) is 24.0 Å². The molecule has 7 nitrogen and oxygen atoms in total. The number of nitrogens with one attached hydrogen (secondary N) is 1. The molecule has 2 heterocycles. The molecule has 0 aromatic carbocycles. The van der Waals surface area contributed by atoms with E-state index in [4.69, 9.17) is 21.1 Å². The highest BCUT2D eigenvalue weighted by atomic mass is 35.5. The smallest absolute Gasteiger partial charge is 0.337 e. The predicted molar refractivity (Wildman–Crippen MR) is 69.0 cm³/mol. The molecule has 108 valence electrons. The van der Waals surface area contributed by atoms with Crippen LogP contribution < -0.4 is 4.72 Å². The van der Waals surface area contributed by atoms with E-state index < -0.39 is 28.4 Å². The average Bonchev–Trinajstić information content (AvgIpc) is 2.82. The minimum absolute atomic E-state index is 0.344. The molecule has 0 bridgehead atoms. The zero-order chi connectivity index (χ0) is 14.3. The number of ether oxygens (including phenoxy) is 2. The summed E-state index contributed by atoms with van der Waals surface area (Å²) in [6.45, 7) is 3.37. The monoisotopic (exact) mass is 328 g/mol. The molecule has 10 heteroatoms. The number of hydrogen-bond acceptors (Lipinski definition) is 7. The Balaban J connectivity index is 2.24. The first kappa shape index (κ1) is 15.1. The van der Waals surface area contributed by atoms with Crippen LogP contribution in [0.4, 0.5) is 0 Å². The Labute approximate surface area is 120 Å². The number of hydrogen-bond donors (Lipinski definition) is 1. The zero-order valence-electron chi connectivity index (χ0n) is 10.4. The maximum atomic E-state index is 11.4. The molecule has 0 saturated carbocycles. The molecular formula is C9H13ClN2O5S2. The molecule has 0 unspecified atom stereocenters. The summed E-state index contributed by atoms with van der Waals surface area (Å²) < 4.78 is 41.0. The largest absolute Gasteiger partial charge is 0.337 e. The van der Waals surface area contributed by atoms with Gasteiger partial charge in [-0.15, -0.1) is 11.3 Å². The second-order valence-electron chi connectivity index (χ2n) is 4.23. The summed E-state index contributed by atoms with van der Waals surface area (Å²) >= 11 is 6.96. The van der Waals surface area contributed by atoms with Gasteiger partial charge in [0.15, 0.2) is 16.5 Å². The summed E-state index contributed by atoms with van der Waals surface area (Å²) in [5.74, 6) is -0.929. The van der Waals surface area contributed by atoms with Crippen LogP contribution in [0.1, 0.15) is 24.8 Å². The van der Waals surface area contributed by atoms with Gasteiger partial charge < -0.3 is 9.47 Å². The van der Waals surface area contributed by atoms with E-state index in [1.54, 1.807) is 13.8 Å². The fourth-order valence-electron chi connectivity index (χ4n) is 1.64. The maximum absolute atomic E-state index is 11.4. The first-order chi connectivity index (χ1) is 8.72. The SMILES string of the molecule is COS(=O)(=O)N[C@@H]1OC(C)(C)O[C@@H]1c1cnc(Cl)s1. The van der Waals surface area contributed by atoms with Crippen molar-refractivity contribution in [1.29, 1.82) is 0 Å². The van der Waals surface area contributed by atoms with Crippen molar-refractivity contribution in [3.8, 4) is 0 Å². The van der Waals surface area contributed by atoms with Gasteiger partial charge in [0.2, 0.25) is 0 Å². The highest BCUT2D eigenvalue weighted by Gasteiger charge is 2.44. The van der Waals surface area contributed by atoms with Crippen LogP contribution >= 0.6 is 22.9 Å². The van der Waals surface area contributed by atoms with Crippen LogP contribution in [0.5, 0.6) is 0 Å². The molecule has 1 aromatic rings. The third-order valence-electron chi connectivity index (χ3n) is 2.35. The third-order valence-corrected chi connectivity index (χ3v) is 4.49. The first-order valence-corrected chi connectivity index (χ1v) is 7.87. The fraction of sp³-hybridized carbons (Fsp3) is 0.667. The molecule has 1 fully saturated rings. The molecule has 0 radical (unpaired) electrons. The van der Waals surface area contributed by atoms with Gasteiger partial charge in [-0.25, -0.2) is 4.98 Å². The van der Waals surface area contributed by atoms with E-state index in [-0.39, 0.29) is 0 Å². The number of thiazole rings is 1. The summed E-state index contributed by atoms with van der Waals surface area (Å²) in [4.78, 5) is 4.57. The fourth-order valence-corrected chi connectivity index (χ4v) is 3.20. The highest BCUT2D eigenvalue weighted by molar-refractivity contribution is 7.84. The number of aromatic nitrogens is 1. The normalized spacial score (nSPS) is 26.7. The lowest BCUT2D eigenvalue weighted by Crippen LogP contribution is -2.39. The Bertz CT molecular complexity index is 559. The van der Waals surface area contributed by atoms with E-state index in [2.05, 4.69) is 13.9 Å². The summed E-state index contributed by atoms with van der Waals surface area (Å²) in [5.41, 5.74) is 0. The van der Waals surface area contributed by atoms with Gasteiger partial charge in [-0.2, -0.15) is 13.1 Å². The van der Waals surface area contributed by atoms with Crippen LogP contribution in [0, 0.1) is 0 Å². The van der Waals surface area contributed by atoms with Crippen LogP contribution in [0.3, 0.4) is 0 Å². The van der Waals surface area contributed by atoms with Gasteiger partial charge in [-0.3, -0.25) is 4.18 Å². The van der Waals surface area contributed by atoms with Crippen molar-refractivity contribution in [3.05, 3.63) is 15.5 Å². The minimum atomic E-state index is -3.89. The molecule has 2 atom stereocenters. The highest BCUT2D eigenvalue weighted by Crippen LogP contribution is 2.40. The molecule has 1 aromatic heterocycles. The quantitative estimate of drug-likeness (QED) is 0.899. The molecular weight excluding hydrogens is 316 g/mol. The second kappa shape index (κ2) is 5.24. The molecule has 0 amide bonds. The number of nitrogens with zero attached hydrogens (tertiary/aromatic N) is 1. The molecule has 1 aliphatic rings.